The van der Waals surface area contributed by atoms with Gasteiger partial charge in [-0.15, -0.1) is 0 Å². The van der Waals surface area contributed by atoms with Crippen molar-refractivity contribution in [2.45, 2.75) is 26.3 Å². The van der Waals surface area contributed by atoms with E-state index in [1.165, 1.54) is 0 Å². The molecule has 154 valence electrons. The highest BCUT2D eigenvalue weighted by atomic mass is 35.5. The largest absolute Gasteiger partial charge is 0.489 e. The van der Waals surface area contributed by atoms with Crippen LogP contribution < -0.4 is 18.9 Å². The monoisotopic (exact) mass is 417 g/mol. The van der Waals surface area contributed by atoms with Crippen LogP contribution in [0, 0.1) is 0 Å². The zero-order chi connectivity index (χ0) is 20.2. The second-order valence-corrected chi connectivity index (χ2v) is 7.39. The Labute approximate surface area is 175 Å². The first-order valence-electron chi connectivity index (χ1n) is 9.89. The van der Waals surface area contributed by atoms with Gasteiger partial charge < -0.3 is 23.8 Å². The summed E-state index contributed by atoms with van der Waals surface area (Å²) in [5.41, 5.74) is 1.74. The molecule has 0 fully saturated rings. The molecule has 0 unspecified atom stereocenters. The van der Waals surface area contributed by atoms with E-state index in [9.17, 15) is 4.79 Å². The Kier molecular flexibility index (Phi) is 6.00. The van der Waals surface area contributed by atoms with Crippen molar-refractivity contribution in [3.63, 3.8) is 0 Å². The van der Waals surface area contributed by atoms with Gasteiger partial charge in [0.1, 0.15) is 13.2 Å². The summed E-state index contributed by atoms with van der Waals surface area (Å²) in [6, 6.07) is 9.40. The summed E-state index contributed by atoms with van der Waals surface area (Å²) in [5.74, 6) is 2.62. The minimum atomic E-state index is 0.00684. The number of ether oxygens (including phenoxy) is 4. The first-order chi connectivity index (χ1) is 14.2. The third-order valence-electron chi connectivity index (χ3n) is 4.96. The Hall–Kier alpha value is -2.60. The van der Waals surface area contributed by atoms with E-state index in [0.29, 0.717) is 56.0 Å². The van der Waals surface area contributed by atoms with Crippen LogP contribution in [0.4, 0.5) is 0 Å². The average molecular weight is 418 g/mol. The van der Waals surface area contributed by atoms with Crippen molar-refractivity contribution in [3.8, 4) is 23.0 Å². The van der Waals surface area contributed by atoms with Crippen LogP contribution in [-0.2, 0) is 17.8 Å². The molecule has 0 spiro atoms. The minimum absolute atomic E-state index is 0.00684. The fourth-order valence-corrected chi connectivity index (χ4v) is 3.80. The molecular weight excluding hydrogens is 394 g/mol. The van der Waals surface area contributed by atoms with Crippen molar-refractivity contribution < 1.29 is 23.7 Å². The number of carbonyl (C=O) groups excluding carboxylic acids is 1. The van der Waals surface area contributed by atoms with Crippen molar-refractivity contribution in [1.29, 1.82) is 0 Å². The van der Waals surface area contributed by atoms with Gasteiger partial charge in [-0.25, -0.2) is 0 Å². The number of hydrogen-bond donors (Lipinski definition) is 0. The molecule has 0 atom stereocenters. The molecule has 7 heteroatoms. The number of nitrogens with zero attached hydrogens (tertiary/aromatic N) is 1. The van der Waals surface area contributed by atoms with Crippen LogP contribution in [0.2, 0.25) is 5.02 Å². The van der Waals surface area contributed by atoms with Crippen molar-refractivity contribution >= 4 is 17.5 Å². The molecule has 2 aromatic rings. The smallest absolute Gasteiger partial charge is 0.227 e. The molecule has 0 aromatic heterocycles. The molecule has 2 heterocycles. The second kappa shape index (κ2) is 8.82. The molecule has 6 nitrogen and oxygen atoms in total. The average Bonchev–Trinajstić information content (AvgIpc) is 2.98. The van der Waals surface area contributed by atoms with Crippen LogP contribution in [0.25, 0.3) is 0 Å². The second-order valence-electron chi connectivity index (χ2n) is 6.98. The van der Waals surface area contributed by atoms with E-state index in [1.54, 1.807) is 11.0 Å². The SMILES string of the molecule is CCN(Cc1cccc2c1OCCO2)C(=O)Cc1cc(Cl)c2c(c1)OCCCO2. The highest BCUT2D eigenvalue weighted by Crippen LogP contribution is 2.38. The number of amides is 1. The van der Waals surface area contributed by atoms with Gasteiger partial charge in [-0.2, -0.15) is 0 Å². The fourth-order valence-electron chi connectivity index (χ4n) is 3.51. The highest BCUT2D eigenvalue weighted by Gasteiger charge is 2.21. The van der Waals surface area contributed by atoms with Gasteiger partial charge in [0.05, 0.1) is 24.7 Å². The lowest BCUT2D eigenvalue weighted by atomic mass is 10.1. The molecule has 0 radical (unpaired) electrons. The van der Waals surface area contributed by atoms with Crippen LogP contribution in [0.15, 0.2) is 30.3 Å². The molecular formula is C22H24ClNO5. The summed E-state index contributed by atoms with van der Waals surface area (Å²) < 4.78 is 22.8. The van der Waals surface area contributed by atoms with Crippen molar-refractivity contribution in [1.82, 2.24) is 4.90 Å². The van der Waals surface area contributed by atoms with E-state index in [-0.39, 0.29) is 12.3 Å². The predicted octanol–water partition coefficient (Wildman–Crippen LogP) is 3.86. The number of para-hydroxylation sites is 1. The third-order valence-corrected chi connectivity index (χ3v) is 5.24. The minimum Gasteiger partial charge on any atom is -0.489 e. The standard InChI is InChI=1S/C22H24ClNO5/c1-2-24(14-16-5-3-6-18-21(16)29-10-9-27-18)20(25)13-15-11-17(23)22-19(12-15)26-7-4-8-28-22/h3,5-6,11-12H,2,4,7-10,13-14H2,1H3. The first-order valence-corrected chi connectivity index (χ1v) is 10.3. The van der Waals surface area contributed by atoms with Gasteiger partial charge in [0.15, 0.2) is 23.0 Å². The Morgan fingerprint density at radius 2 is 1.76 bits per heavy atom. The van der Waals surface area contributed by atoms with Gasteiger partial charge >= 0.3 is 0 Å². The molecule has 2 aliphatic heterocycles. The zero-order valence-electron chi connectivity index (χ0n) is 16.4. The van der Waals surface area contributed by atoms with Gasteiger partial charge in [-0.05, 0) is 30.7 Å². The molecule has 1 amide bonds. The van der Waals surface area contributed by atoms with Crippen LogP contribution in [0.5, 0.6) is 23.0 Å². The van der Waals surface area contributed by atoms with Gasteiger partial charge in [0.25, 0.3) is 0 Å². The summed E-state index contributed by atoms with van der Waals surface area (Å²) in [4.78, 5) is 14.8. The van der Waals surface area contributed by atoms with E-state index >= 15 is 0 Å². The van der Waals surface area contributed by atoms with E-state index in [1.807, 2.05) is 31.2 Å². The molecule has 4 rings (SSSR count). The third kappa shape index (κ3) is 4.37. The van der Waals surface area contributed by atoms with E-state index < -0.39 is 0 Å². The van der Waals surface area contributed by atoms with Crippen LogP contribution in [-0.4, -0.2) is 43.8 Å². The predicted molar refractivity (Wildman–Crippen MR) is 109 cm³/mol. The van der Waals surface area contributed by atoms with Crippen molar-refractivity contribution in [2.24, 2.45) is 0 Å². The molecule has 0 bridgehead atoms. The van der Waals surface area contributed by atoms with Crippen molar-refractivity contribution in [3.05, 3.63) is 46.5 Å². The summed E-state index contributed by atoms with van der Waals surface area (Å²) in [6.45, 7) is 5.20. The Bertz CT molecular complexity index is 901. The van der Waals surface area contributed by atoms with Crippen LogP contribution in [0.3, 0.4) is 0 Å². The maximum atomic E-state index is 13.0. The normalized spacial score (nSPS) is 14.8. The van der Waals surface area contributed by atoms with E-state index in [2.05, 4.69) is 0 Å². The van der Waals surface area contributed by atoms with Gasteiger partial charge in [0.2, 0.25) is 5.91 Å². The van der Waals surface area contributed by atoms with E-state index in [4.69, 9.17) is 30.5 Å². The van der Waals surface area contributed by atoms with Gasteiger partial charge in [-0.3, -0.25) is 4.79 Å². The molecule has 2 aromatic carbocycles. The maximum absolute atomic E-state index is 13.0. The topological polar surface area (TPSA) is 57.2 Å². The number of halogens is 1. The fraction of sp³-hybridized carbons (Fsp3) is 0.409. The number of benzene rings is 2. The summed E-state index contributed by atoms with van der Waals surface area (Å²) in [7, 11) is 0. The molecule has 0 aliphatic carbocycles. The maximum Gasteiger partial charge on any atom is 0.227 e. The molecule has 0 saturated carbocycles. The number of rotatable bonds is 5. The lowest BCUT2D eigenvalue weighted by molar-refractivity contribution is -0.130. The zero-order valence-corrected chi connectivity index (χ0v) is 17.2. The highest BCUT2D eigenvalue weighted by molar-refractivity contribution is 6.32. The van der Waals surface area contributed by atoms with Crippen molar-refractivity contribution in [2.75, 3.05) is 33.0 Å². The molecule has 29 heavy (non-hydrogen) atoms. The lowest BCUT2D eigenvalue weighted by Gasteiger charge is -2.25. The number of fused-ring (bicyclic) bond motifs is 2. The van der Waals surface area contributed by atoms with Gasteiger partial charge in [-0.1, -0.05) is 23.7 Å². The Balaban J connectivity index is 1.50. The number of hydrogen-bond acceptors (Lipinski definition) is 5. The summed E-state index contributed by atoms with van der Waals surface area (Å²) in [5, 5.41) is 0.470. The number of likely N-dealkylation sites (N-methyl/N-ethyl adjacent to an activating group) is 1. The summed E-state index contributed by atoms with van der Waals surface area (Å²) in [6.07, 6.45) is 1.03. The van der Waals surface area contributed by atoms with Gasteiger partial charge in [0, 0.05) is 25.1 Å². The Morgan fingerprint density at radius 1 is 1.00 bits per heavy atom. The number of carbonyl (C=O) groups is 1. The van der Waals surface area contributed by atoms with E-state index in [0.717, 1.165) is 29.0 Å². The van der Waals surface area contributed by atoms with Crippen LogP contribution >= 0.6 is 11.6 Å². The molecule has 0 N–H and O–H groups in total. The first kappa shape index (κ1) is 19.7. The summed E-state index contributed by atoms with van der Waals surface area (Å²) >= 11 is 6.37. The quantitative estimate of drug-likeness (QED) is 0.739. The lowest BCUT2D eigenvalue weighted by Crippen LogP contribution is -2.32. The Morgan fingerprint density at radius 3 is 2.62 bits per heavy atom. The molecule has 2 aliphatic rings. The molecule has 0 saturated heterocycles. The van der Waals surface area contributed by atoms with Crippen LogP contribution in [0.1, 0.15) is 24.5 Å².